The smallest absolute Gasteiger partial charge is 0.295 e. The van der Waals surface area contributed by atoms with Crippen LogP contribution < -0.4 is 10.1 Å². The minimum atomic E-state index is -0.721. The van der Waals surface area contributed by atoms with Gasteiger partial charge >= 0.3 is 0 Å². The molecule has 0 saturated carbocycles. The summed E-state index contributed by atoms with van der Waals surface area (Å²) >= 11 is 0. The van der Waals surface area contributed by atoms with Gasteiger partial charge in [0.15, 0.2) is 5.82 Å². The van der Waals surface area contributed by atoms with E-state index >= 15 is 0 Å². The van der Waals surface area contributed by atoms with Crippen LogP contribution in [-0.2, 0) is 4.79 Å². The van der Waals surface area contributed by atoms with Gasteiger partial charge in [-0.2, -0.15) is 4.68 Å². The van der Waals surface area contributed by atoms with Gasteiger partial charge < -0.3 is 24.8 Å². The number of aromatic amines is 1. The molecule has 1 aliphatic rings. The van der Waals surface area contributed by atoms with Gasteiger partial charge in [-0.15, -0.1) is 5.10 Å². The van der Waals surface area contributed by atoms with Gasteiger partial charge in [0.05, 0.1) is 29.8 Å². The van der Waals surface area contributed by atoms with E-state index in [0.29, 0.717) is 36.1 Å². The normalized spacial score (nSPS) is 13.4. The molecule has 3 aromatic heterocycles. The van der Waals surface area contributed by atoms with Crippen LogP contribution in [0.5, 0.6) is 5.75 Å². The lowest BCUT2D eigenvalue weighted by atomic mass is 10.1. The molecule has 0 unspecified atom stereocenters. The summed E-state index contributed by atoms with van der Waals surface area (Å²) in [6.45, 7) is 3.31. The Morgan fingerprint density at radius 2 is 1.74 bits per heavy atom. The third-order valence-electron chi connectivity index (χ3n) is 6.44. The van der Waals surface area contributed by atoms with Crippen molar-refractivity contribution >= 4 is 34.4 Å². The molecule has 1 fully saturated rings. The number of H-pyrrole nitrogens is 1. The minimum Gasteiger partial charge on any atom is -0.494 e. The summed E-state index contributed by atoms with van der Waals surface area (Å²) in [7, 11) is 1.44. The van der Waals surface area contributed by atoms with Crippen molar-refractivity contribution in [3.63, 3.8) is 0 Å². The Bertz CT molecular complexity index is 1550. The van der Waals surface area contributed by atoms with Crippen molar-refractivity contribution in [3.05, 3.63) is 66.0 Å². The summed E-state index contributed by atoms with van der Waals surface area (Å²) in [6.07, 6.45) is 4.17. The molecule has 1 aromatic carbocycles. The van der Waals surface area contributed by atoms with Crippen molar-refractivity contribution in [2.24, 2.45) is 0 Å². The van der Waals surface area contributed by atoms with Crippen LogP contribution in [0.25, 0.3) is 16.7 Å². The van der Waals surface area contributed by atoms with Gasteiger partial charge in [0.25, 0.3) is 23.5 Å². The molecule has 2 N–H and O–H groups in total. The third-order valence-corrected chi connectivity index (χ3v) is 6.44. The number of carbonyl (C=O) groups excluding carboxylic acids is 4. The maximum atomic E-state index is 13.4. The molecule has 200 valence electrons. The summed E-state index contributed by atoms with van der Waals surface area (Å²) in [5.41, 5.74) is 1.08. The van der Waals surface area contributed by atoms with Gasteiger partial charge in [-0.1, -0.05) is 18.2 Å². The Balaban J connectivity index is 1.37. The van der Waals surface area contributed by atoms with E-state index in [-0.39, 0.29) is 42.0 Å². The Labute approximate surface area is 222 Å². The highest BCUT2D eigenvalue weighted by Gasteiger charge is 2.31. The number of benzene rings is 1. The predicted octanol–water partition coefficient (Wildman–Crippen LogP) is 1.07. The zero-order chi connectivity index (χ0) is 27.5. The number of nitrogens with zero attached hydrogens (tertiary/aromatic N) is 6. The first-order chi connectivity index (χ1) is 18.9. The van der Waals surface area contributed by atoms with Crippen molar-refractivity contribution in [1.29, 1.82) is 0 Å². The number of ether oxygens (including phenoxy) is 1. The van der Waals surface area contributed by atoms with Gasteiger partial charge in [0.1, 0.15) is 12.1 Å². The van der Waals surface area contributed by atoms with E-state index in [9.17, 15) is 19.2 Å². The lowest BCUT2D eigenvalue weighted by Gasteiger charge is -2.34. The minimum absolute atomic E-state index is 0.0365. The summed E-state index contributed by atoms with van der Waals surface area (Å²) in [5.74, 6) is -1.42. The van der Waals surface area contributed by atoms with Crippen LogP contribution in [0.15, 0.2) is 49.1 Å². The number of fused-ring (bicyclic) bond motifs is 1. The predicted molar refractivity (Wildman–Crippen MR) is 139 cm³/mol. The number of methoxy groups -OCH3 is 1. The lowest BCUT2D eigenvalue weighted by molar-refractivity contribution is -0.127. The number of amides is 3. The Hall–Kier alpha value is -5.07. The number of pyridine rings is 1. The average molecular weight is 531 g/mol. The summed E-state index contributed by atoms with van der Waals surface area (Å²) in [5, 5.41) is 7.17. The van der Waals surface area contributed by atoms with Gasteiger partial charge in [-0.3, -0.25) is 19.2 Å². The van der Waals surface area contributed by atoms with E-state index in [2.05, 4.69) is 25.4 Å². The second-order valence-corrected chi connectivity index (χ2v) is 8.75. The van der Waals surface area contributed by atoms with Crippen LogP contribution >= 0.6 is 0 Å². The Morgan fingerprint density at radius 3 is 2.44 bits per heavy atom. The number of ketones is 1. The van der Waals surface area contributed by atoms with Crippen LogP contribution in [0.3, 0.4) is 0 Å². The molecule has 13 nitrogen and oxygen atoms in total. The third kappa shape index (κ3) is 4.81. The first kappa shape index (κ1) is 25.6. The molecule has 13 heteroatoms. The molecule has 4 aromatic rings. The van der Waals surface area contributed by atoms with Gasteiger partial charge in [0, 0.05) is 44.5 Å². The van der Waals surface area contributed by atoms with E-state index in [1.807, 2.05) is 6.07 Å². The molecule has 0 radical (unpaired) electrons. The van der Waals surface area contributed by atoms with Crippen LogP contribution in [-0.4, -0.2) is 97.9 Å². The second-order valence-electron chi connectivity index (χ2n) is 8.75. The molecule has 3 amide bonds. The van der Waals surface area contributed by atoms with Crippen molar-refractivity contribution in [3.8, 4) is 11.6 Å². The SMILES string of the molecule is CCNC(=O)c1ncn(-c2ncc(OC)c3c(C(=O)C(=O)N4CCN(C(=O)c5ccccc5)CC4)c[nH]c23)n1. The van der Waals surface area contributed by atoms with E-state index in [0.717, 1.165) is 0 Å². The highest BCUT2D eigenvalue weighted by Crippen LogP contribution is 2.32. The van der Waals surface area contributed by atoms with Crippen molar-refractivity contribution in [1.82, 2.24) is 39.8 Å². The Kier molecular flexibility index (Phi) is 7.04. The molecule has 0 bridgehead atoms. The first-order valence-electron chi connectivity index (χ1n) is 12.3. The zero-order valence-corrected chi connectivity index (χ0v) is 21.4. The van der Waals surface area contributed by atoms with Crippen LogP contribution in [0.1, 0.15) is 38.3 Å². The van der Waals surface area contributed by atoms with E-state index in [1.165, 1.54) is 35.4 Å². The van der Waals surface area contributed by atoms with Gasteiger partial charge in [0.2, 0.25) is 5.82 Å². The van der Waals surface area contributed by atoms with Crippen LogP contribution in [0.4, 0.5) is 0 Å². The number of rotatable bonds is 7. The molecule has 0 aliphatic carbocycles. The fourth-order valence-corrected chi connectivity index (χ4v) is 4.46. The molecular formula is C26H26N8O5. The molecule has 1 aliphatic heterocycles. The van der Waals surface area contributed by atoms with Crippen molar-refractivity contribution < 1.29 is 23.9 Å². The van der Waals surface area contributed by atoms with Crippen molar-refractivity contribution in [2.45, 2.75) is 6.92 Å². The average Bonchev–Trinajstić information content (AvgIpc) is 3.65. The second kappa shape index (κ2) is 10.7. The summed E-state index contributed by atoms with van der Waals surface area (Å²) in [4.78, 5) is 65.9. The highest BCUT2D eigenvalue weighted by molar-refractivity contribution is 6.45. The molecule has 1 saturated heterocycles. The number of hydrogen-bond acceptors (Lipinski definition) is 8. The topological polar surface area (TPSA) is 155 Å². The standard InChI is InChI=1S/C26H26N8O5/c1-3-27-24(36)22-30-15-34(31-22)23-20-19(18(39-2)14-29-23)17(13-28-20)21(35)26(38)33-11-9-32(10-12-33)25(37)16-7-5-4-6-8-16/h4-8,13-15,28H,3,9-12H2,1-2H3,(H,27,36). The quantitative estimate of drug-likeness (QED) is 0.266. The van der Waals surface area contributed by atoms with Gasteiger partial charge in [-0.25, -0.2) is 9.97 Å². The molecule has 5 rings (SSSR count). The zero-order valence-electron chi connectivity index (χ0n) is 21.4. The molecular weight excluding hydrogens is 504 g/mol. The lowest BCUT2D eigenvalue weighted by Crippen LogP contribution is -2.52. The maximum absolute atomic E-state index is 13.4. The summed E-state index contributed by atoms with van der Waals surface area (Å²) in [6, 6.07) is 8.93. The van der Waals surface area contributed by atoms with E-state index < -0.39 is 17.6 Å². The monoisotopic (exact) mass is 530 g/mol. The fraction of sp³-hybridized carbons (Fsp3) is 0.269. The molecule has 0 atom stereocenters. The number of hydrogen-bond donors (Lipinski definition) is 2. The fourth-order valence-electron chi connectivity index (χ4n) is 4.46. The molecule has 0 spiro atoms. The van der Waals surface area contributed by atoms with Gasteiger partial charge in [-0.05, 0) is 19.1 Å². The van der Waals surface area contributed by atoms with Crippen LogP contribution in [0, 0.1) is 0 Å². The molecule has 39 heavy (non-hydrogen) atoms. The Morgan fingerprint density at radius 1 is 1.03 bits per heavy atom. The largest absolute Gasteiger partial charge is 0.494 e. The molecule has 4 heterocycles. The highest BCUT2D eigenvalue weighted by atomic mass is 16.5. The number of aromatic nitrogens is 5. The summed E-state index contributed by atoms with van der Waals surface area (Å²) < 4.78 is 6.74. The van der Waals surface area contributed by atoms with Crippen LogP contribution in [0.2, 0.25) is 0 Å². The first-order valence-corrected chi connectivity index (χ1v) is 12.3. The van der Waals surface area contributed by atoms with E-state index in [1.54, 1.807) is 36.1 Å². The number of nitrogens with one attached hydrogen (secondary N) is 2. The number of piperazine rings is 1. The van der Waals surface area contributed by atoms with E-state index in [4.69, 9.17) is 4.74 Å². The van der Waals surface area contributed by atoms with Crippen molar-refractivity contribution in [2.75, 3.05) is 39.8 Å². The number of Topliss-reactive ketones (excluding diaryl/α,β-unsaturated/α-hetero) is 1. The number of carbonyl (C=O) groups is 4. The maximum Gasteiger partial charge on any atom is 0.295 e.